The molecule has 1 aliphatic heterocycles. The molecule has 0 saturated heterocycles. The fraction of sp³-hybridized carbons (Fsp3) is 0.400. The van der Waals surface area contributed by atoms with Crippen molar-refractivity contribution in [2.45, 2.75) is 24.2 Å². The van der Waals surface area contributed by atoms with Gasteiger partial charge in [0, 0.05) is 4.90 Å². The molecule has 0 saturated carbocycles. The summed E-state index contributed by atoms with van der Waals surface area (Å²) in [5.41, 5.74) is 1.19. The van der Waals surface area contributed by atoms with Crippen molar-refractivity contribution in [1.82, 2.24) is 0 Å². The van der Waals surface area contributed by atoms with Crippen molar-refractivity contribution in [2.75, 3.05) is 5.75 Å². The minimum atomic E-state index is -0.0422. The molecule has 0 unspecified atom stereocenters. The summed E-state index contributed by atoms with van der Waals surface area (Å²) >= 11 is 1.66. The summed E-state index contributed by atoms with van der Waals surface area (Å²) in [7, 11) is 0. The number of fused-ring (bicyclic) bond motifs is 1. The van der Waals surface area contributed by atoms with Gasteiger partial charge in [0.25, 0.3) is 0 Å². The fourth-order valence-electron chi connectivity index (χ4n) is 1.50. The van der Waals surface area contributed by atoms with Gasteiger partial charge in [-0.15, -0.1) is 11.8 Å². The number of halogens is 1. The number of hydrogen-bond donors (Lipinski definition) is 0. The topological polar surface area (TPSA) is 0 Å². The molecule has 64 valence electrons. The van der Waals surface area contributed by atoms with E-state index in [-0.39, 0.29) is 5.82 Å². The Balaban J connectivity index is 2.42. The summed E-state index contributed by atoms with van der Waals surface area (Å²) in [4.78, 5) is 0.884. The zero-order chi connectivity index (χ0) is 8.39. The van der Waals surface area contributed by atoms with E-state index in [0.29, 0.717) is 0 Å². The zero-order valence-corrected chi connectivity index (χ0v) is 7.66. The number of benzene rings is 1. The van der Waals surface area contributed by atoms with Crippen LogP contribution < -0.4 is 0 Å². The van der Waals surface area contributed by atoms with Gasteiger partial charge in [-0.2, -0.15) is 0 Å². The van der Waals surface area contributed by atoms with E-state index in [1.165, 1.54) is 18.4 Å². The Morgan fingerprint density at radius 3 is 3.08 bits per heavy atom. The molecule has 1 aromatic rings. The van der Waals surface area contributed by atoms with Crippen molar-refractivity contribution in [2.24, 2.45) is 0 Å². The van der Waals surface area contributed by atoms with Crippen LogP contribution in [0.5, 0.6) is 0 Å². The lowest BCUT2D eigenvalue weighted by atomic mass is 10.1. The first-order chi connectivity index (χ1) is 5.88. The van der Waals surface area contributed by atoms with Crippen LogP contribution in [-0.4, -0.2) is 5.75 Å². The molecule has 0 aromatic heterocycles. The van der Waals surface area contributed by atoms with E-state index in [9.17, 15) is 4.39 Å². The van der Waals surface area contributed by atoms with Gasteiger partial charge in [0.15, 0.2) is 0 Å². The minimum Gasteiger partial charge on any atom is -0.206 e. The average Bonchev–Trinajstić information content (AvgIpc) is 2.30. The van der Waals surface area contributed by atoms with Crippen LogP contribution in [0.3, 0.4) is 0 Å². The SMILES string of the molecule is Fc1cccc2c1SCCCC2. The van der Waals surface area contributed by atoms with Crippen LogP contribution >= 0.6 is 11.8 Å². The lowest BCUT2D eigenvalue weighted by molar-refractivity contribution is 0.597. The fourth-order valence-corrected chi connectivity index (χ4v) is 2.62. The van der Waals surface area contributed by atoms with Gasteiger partial charge in [-0.05, 0) is 36.6 Å². The van der Waals surface area contributed by atoms with Gasteiger partial charge in [-0.25, -0.2) is 4.39 Å². The van der Waals surface area contributed by atoms with Crippen LogP contribution in [0.1, 0.15) is 18.4 Å². The number of thioether (sulfide) groups is 1. The van der Waals surface area contributed by atoms with Crippen LogP contribution in [0, 0.1) is 5.82 Å². The number of hydrogen-bond acceptors (Lipinski definition) is 1. The van der Waals surface area contributed by atoms with Crippen molar-refractivity contribution >= 4 is 11.8 Å². The van der Waals surface area contributed by atoms with Crippen molar-refractivity contribution in [3.63, 3.8) is 0 Å². The van der Waals surface area contributed by atoms with Gasteiger partial charge in [0.2, 0.25) is 0 Å². The number of rotatable bonds is 0. The Morgan fingerprint density at radius 1 is 1.25 bits per heavy atom. The molecule has 0 fully saturated rings. The highest BCUT2D eigenvalue weighted by Crippen LogP contribution is 2.30. The molecule has 1 aliphatic rings. The standard InChI is InChI=1S/C10H11FS/c11-9-6-3-5-8-4-1-2-7-12-10(8)9/h3,5-6H,1-2,4,7H2. The molecule has 12 heavy (non-hydrogen) atoms. The molecule has 1 heterocycles. The Kier molecular flexibility index (Phi) is 2.35. The summed E-state index contributed by atoms with van der Waals surface area (Å²) in [5, 5.41) is 0. The van der Waals surface area contributed by atoms with E-state index >= 15 is 0 Å². The predicted octanol–water partition coefficient (Wildman–Crippen LogP) is 3.25. The third-order valence-electron chi connectivity index (χ3n) is 2.14. The summed E-state index contributed by atoms with van der Waals surface area (Å²) in [6.45, 7) is 0. The number of aryl methyl sites for hydroxylation is 1. The molecule has 2 heteroatoms. The quantitative estimate of drug-likeness (QED) is 0.593. The minimum absolute atomic E-state index is 0.0422. The largest absolute Gasteiger partial charge is 0.206 e. The van der Waals surface area contributed by atoms with E-state index in [0.717, 1.165) is 17.1 Å². The van der Waals surface area contributed by atoms with E-state index < -0.39 is 0 Å². The molecule has 0 aliphatic carbocycles. The second-order valence-electron chi connectivity index (χ2n) is 3.03. The van der Waals surface area contributed by atoms with Crippen molar-refractivity contribution in [1.29, 1.82) is 0 Å². The Bertz CT molecular complexity index is 283. The van der Waals surface area contributed by atoms with Gasteiger partial charge in [-0.3, -0.25) is 0 Å². The maximum atomic E-state index is 13.2. The van der Waals surface area contributed by atoms with Crippen LogP contribution in [-0.2, 0) is 6.42 Å². The lowest BCUT2D eigenvalue weighted by Gasteiger charge is -2.04. The van der Waals surface area contributed by atoms with E-state index in [2.05, 4.69) is 0 Å². The highest BCUT2D eigenvalue weighted by Gasteiger charge is 2.11. The monoisotopic (exact) mass is 182 g/mol. The highest BCUT2D eigenvalue weighted by molar-refractivity contribution is 7.99. The molecule has 0 bridgehead atoms. The molecule has 0 amide bonds. The second kappa shape index (κ2) is 3.48. The molecular formula is C10H11FS. The van der Waals surface area contributed by atoms with E-state index in [1.807, 2.05) is 6.07 Å². The summed E-state index contributed by atoms with van der Waals surface area (Å²) < 4.78 is 13.2. The molecule has 0 atom stereocenters. The summed E-state index contributed by atoms with van der Waals surface area (Å²) in [6, 6.07) is 5.40. The van der Waals surface area contributed by atoms with Crippen LogP contribution in [0.15, 0.2) is 23.1 Å². The Hall–Kier alpha value is -0.500. The molecule has 1 aromatic carbocycles. The van der Waals surface area contributed by atoms with Gasteiger partial charge in [0.05, 0.1) is 0 Å². The third-order valence-corrected chi connectivity index (χ3v) is 3.37. The molecule has 0 spiro atoms. The molecule has 0 radical (unpaired) electrons. The van der Waals surface area contributed by atoms with Crippen LogP contribution in [0.4, 0.5) is 4.39 Å². The molecule has 0 nitrogen and oxygen atoms in total. The zero-order valence-electron chi connectivity index (χ0n) is 6.85. The molecular weight excluding hydrogens is 171 g/mol. The first-order valence-corrected chi connectivity index (χ1v) is 5.26. The van der Waals surface area contributed by atoms with Crippen molar-refractivity contribution in [3.8, 4) is 0 Å². The normalized spacial score (nSPS) is 16.8. The predicted molar refractivity (Wildman–Crippen MR) is 50.1 cm³/mol. The third kappa shape index (κ3) is 1.48. The van der Waals surface area contributed by atoms with E-state index in [1.54, 1.807) is 23.9 Å². The molecule has 2 rings (SSSR count). The highest BCUT2D eigenvalue weighted by atomic mass is 32.2. The first-order valence-electron chi connectivity index (χ1n) is 4.28. The average molecular weight is 182 g/mol. The van der Waals surface area contributed by atoms with Crippen LogP contribution in [0.2, 0.25) is 0 Å². The van der Waals surface area contributed by atoms with Crippen molar-refractivity contribution in [3.05, 3.63) is 29.6 Å². The maximum Gasteiger partial charge on any atom is 0.137 e. The Morgan fingerprint density at radius 2 is 2.17 bits per heavy atom. The lowest BCUT2D eigenvalue weighted by Crippen LogP contribution is -1.88. The molecule has 0 N–H and O–H groups in total. The van der Waals surface area contributed by atoms with Gasteiger partial charge >= 0.3 is 0 Å². The van der Waals surface area contributed by atoms with Crippen molar-refractivity contribution < 1.29 is 4.39 Å². The van der Waals surface area contributed by atoms with Gasteiger partial charge in [0.1, 0.15) is 5.82 Å². The van der Waals surface area contributed by atoms with E-state index in [4.69, 9.17) is 0 Å². The second-order valence-corrected chi connectivity index (χ2v) is 4.14. The van der Waals surface area contributed by atoms with Gasteiger partial charge in [-0.1, -0.05) is 12.1 Å². The summed E-state index contributed by atoms with van der Waals surface area (Å²) in [6.07, 6.45) is 3.45. The Labute approximate surface area is 76.2 Å². The van der Waals surface area contributed by atoms with Crippen LogP contribution in [0.25, 0.3) is 0 Å². The first kappa shape index (κ1) is 8.11. The smallest absolute Gasteiger partial charge is 0.137 e. The maximum absolute atomic E-state index is 13.2. The van der Waals surface area contributed by atoms with Gasteiger partial charge < -0.3 is 0 Å². The summed E-state index contributed by atoms with van der Waals surface area (Å²) in [5.74, 6) is 1.02.